The van der Waals surface area contributed by atoms with Crippen molar-refractivity contribution in [3.8, 4) is 0 Å². The second kappa shape index (κ2) is 5.58. The van der Waals surface area contributed by atoms with Crippen LogP contribution in [0.2, 0.25) is 0 Å². The third kappa shape index (κ3) is 3.32. The number of hydrogen-bond acceptors (Lipinski definition) is 7. The SMILES string of the molecule is CC(C)(C)c1noc(CSc2ncccc2[N+](=O)[O-])n1. The summed E-state index contributed by atoms with van der Waals surface area (Å²) in [7, 11) is 0. The Kier molecular flexibility index (Phi) is 4.03. The Morgan fingerprint density at radius 3 is 2.80 bits per heavy atom. The van der Waals surface area contributed by atoms with E-state index in [9.17, 15) is 10.1 Å². The summed E-state index contributed by atoms with van der Waals surface area (Å²) in [6, 6.07) is 2.95. The molecule has 0 aliphatic rings. The summed E-state index contributed by atoms with van der Waals surface area (Å²) in [6.45, 7) is 5.95. The molecule has 106 valence electrons. The van der Waals surface area contributed by atoms with Gasteiger partial charge < -0.3 is 4.52 Å². The number of pyridine rings is 1. The Morgan fingerprint density at radius 2 is 2.20 bits per heavy atom. The lowest BCUT2D eigenvalue weighted by Crippen LogP contribution is -2.13. The summed E-state index contributed by atoms with van der Waals surface area (Å²) >= 11 is 1.20. The van der Waals surface area contributed by atoms with Crippen LogP contribution in [0.25, 0.3) is 0 Å². The van der Waals surface area contributed by atoms with E-state index in [0.29, 0.717) is 22.5 Å². The monoisotopic (exact) mass is 294 g/mol. The summed E-state index contributed by atoms with van der Waals surface area (Å²) < 4.78 is 5.13. The molecule has 0 N–H and O–H groups in total. The summed E-state index contributed by atoms with van der Waals surface area (Å²) in [5, 5.41) is 15.1. The molecule has 0 spiro atoms. The highest BCUT2D eigenvalue weighted by Crippen LogP contribution is 2.29. The minimum absolute atomic E-state index is 0.0203. The van der Waals surface area contributed by atoms with E-state index in [4.69, 9.17) is 4.52 Å². The first-order valence-electron chi connectivity index (χ1n) is 5.93. The molecule has 0 saturated carbocycles. The highest BCUT2D eigenvalue weighted by atomic mass is 32.2. The molecule has 2 heterocycles. The predicted octanol–water partition coefficient (Wildman–Crippen LogP) is 2.96. The average Bonchev–Trinajstić information content (AvgIpc) is 2.85. The second-order valence-electron chi connectivity index (χ2n) is 5.14. The maximum Gasteiger partial charge on any atom is 0.301 e. The van der Waals surface area contributed by atoms with Crippen LogP contribution in [0.5, 0.6) is 0 Å². The van der Waals surface area contributed by atoms with E-state index in [-0.39, 0.29) is 11.1 Å². The lowest BCUT2D eigenvalue weighted by atomic mass is 9.96. The number of aromatic nitrogens is 3. The van der Waals surface area contributed by atoms with Gasteiger partial charge in [-0.2, -0.15) is 4.98 Å². The van der Waals surface area contributed by atoms with Crippen LogP contribution in [-0.4, -0.2) is 20.0 Å². The minimum atomic E-state index is -0.455. The normalized spacial score (nSPS) is 11.6. The van der Waals surface area contributed by atoms with Crippen molar-refractivity contribution in [1.82, 2.24) is 15.1 Å². The molecule has 20 heavy (non-hydrogen) atoms. The van der Waals surface area contributed by atoms with Gasteiger partial charge in [-0.1, -0.05) is 37.7 Å². The molecular formula is C12H14N4O3S. The summed E-state index contributed by atoms with van der Waals surface area (Å²) in [6.07, 6.45) is 1.52. The van der Waals surface area contributed by atoms with Gasteiger partial charge in [-0.05, 0) is 6.07 Å². The van der Waals surface area contributed by atoms with E-state index in [1.807, 2.05) is 20.8 Å². The number of nitro groups is 1. The fraction of sp³-hybridized carbons (Fsp3) is 0.417. The third-order valence-electron chi connectivity index (χ3n) is 2.42. The zero-order valence-corrected chi connectivity index (χ0v) is 12.2. The first-order valence-corrected chi connectivity index (χ1v) is 6.92. The topological polar surface area (TPSA) is 95.0 Å². The van der Waals surface area contributed by atoms with Crippen molar-refractivity contribution in [3.63, 3.8) is 0 Å². The molecule has 0 aromatic carbocycles. The van der Waals surface area contributed by atoms with Gasteiger partial charge in [0.15, 0.2) is 10.9 Å². The zero-order valence-electron chi connectivity index (χ0n) is 11.4. The molecule has 0 unspecified atom stereocenters. The Bertz CT molecular complexity index is 621. The van der Waals surface area contributed by atoms with Gasteiger partial charge in [0.2, 0.25) is 5.89 Å². The Morgan fingerprint density at radius 1 is 1.45 bits per heavy atom. The van der Waals surface area contributed by atoms with Gasteiger partial charge in [-0.25, -0.2) is 4.98 Å². The van der Waals surface area contributed by atoms with E-state index in [1.54, 1.807) is 0 Å². The van der Waals surface area contributed by atoms with Crippen LogP contribution < -0.4 is 0 Å². The number of rotatable bonds is 4. The van der Waals surface area contributed by atoms with Crippen LogP contribution in [0.1, 0.15) is 32.5 Å². The largest absolute Gasteiger partial charge is 0.338 e. The van der Waals surface area contributed by atoms with Gasteiger partial charge in [-0.15, -0.1) is 0 Å². The van der Waals surface area contributed by atoms with Crippen molar-refractivity contribution in [3.05, 3.63) is 40.2 Å². The van der Waals surface area contributed by atoms with Crippen LogP contribution in [-0.2, 0) is 11.2 Å². The molecule has 0 bridgehead atoms. The molecule has 0 aliphatic heterocycles. The maximum absolute atomic E-state index is 10.9. The third-order valence-corrected chi connectivity index (χ3v) is 3.40. The van der Waals surface area contributed by atoms with Gasteiger partial charge in [0, 0.05) is 17.7 Å². The van der Waals surface area contributed by atoms with Gasteiger partial charge in [0.1, 0.15) is 0 Å². The zero-order chi connectivity index (χ0) is 14.8. The smallest absolute Gasteiger partial charge is 0.301 e. The molecule has 2 rings (SSSR count). The summed E-state index contributed by atoms with van der Waals surface area (Å²) in [4.78, 5) is 18.7. The van der Waals surface area contributed by atoms with Crippen LogP contribution in [0.3, 0.4) is 0 Å². The van der Waals surface area contributed by atoms with Crippen LogP contribution >= 0.6 is 11.8 Å². The Balaban J connectivity index is 2.10. The van der Waals surface area contributed by atoms with Gasteiger partial charge in [0.05, 0.1) is 10.7 Å². The molecule has 2 aromatic rings. The maximum atomic E-state index is 10.9. The van der Waals surface area contributed by atoms with Crippen LogP contribution in [0.4, 0.5) is 5.69 Å². The van der Waals surface area contributed by atoms with Crippen LogP contribution in [0, 0.1) is 10.1 Å². The average molecular weight is 294 g/mol. The highest BCUT2D eigenvalue weighted by molar-refractivity contribution is 7.98. The molecular weight excluding hydrogens is 280 g/mol. The molecule has 0 atom stereocenters. The van der Waals surface area contributed by atoms with E-state index in [0.717, 1.165) is 0 Å². The first-order chi connectivity index (χ1) is 9.38. The van der Waals surface area contributed by atoms with E-state index < -0.39 is 4.92 Å². The van der Waals surface area contributed by atoms with Gasteiger partial charge in [-0.3, -0.25) is 10.1 Å². The Hall–Kier alpha value is -1.96. The molecule has 0 aliphatic carbocycles. The van der Waals surface area contributed by atoms with Gasteiger partial charge >= 0.3 is 5.69 Å². The molecule has 0 fully saturated rings. The van der Waals surface area contributed by atoms with Gasteiger partial charge in [0.25, 0.3) is 0 Å². The first kappa shape index (κ1) is 14.4. The molecule has 0 amide bonds. The quantitative estimate of drug-likeness (QED) is 0.486. The molecule has 7 nitrogen and oxygen atoms in total. The second-order valence-corrected chi connectivity index (χ2v) is 6.10. The van der Waals surface area contributed by atoms with E-state index in [1.165, 1.54) is 30.1 Å². The Labute approximate surface area is 119 Å². The lowest BCUT2D eigenvalue weighted by Gasteiger charge is -2.10. The van der Waals surface area contributed by atoms with E-state index in [2.05, 4.69) is 15.1 Å². The van der Waals surface area contributed by atoms with Crippen molar-refractivity contribution < 1.29 is 9.45 Å². The molecule has 8 heteroatoms. The van der Waals surface area contributed by atoms with Crippen molar-refractivity contribution in [2.45, 2.75) is 37.0 Å². The molecule has 2 aromatic heterocycles. The standard InChI is InChI=1S/C12H14N4O3S/c1-12(2,3)11-14-9(19-15-11)7-20-10-8(16(17)18)5-4-6-13-10/h4-6H,7H2,1-3H3. The molecule has 0 saturated heterocycles. The van der Waals surface area contributed by atoms with E-state index >= 15 is 0 Å². The fourth-order valence-electron chi connectivity index (χ4n) is 1.38. The van der Waals surface area contributed by atoms with Crippen LogP contribution in [0.15, 0.2) is 27.9 Å². The van der Waals surface area contributed by atoms with Crippen molar-refractivity contribution >= 4 is 17.4 Å². The number of hydrogen-bond donors (Lipinski definition) is 0. The number of nitrogens with zero attached hydrogens (tertiary/aromatic N) is 4. The highest BCUT2D eigenvalue weighted by Gasteiger charge is 2.22. The summed E-state index contributed by atoms with van der Waals surface area (Å²) in [5.74, 6) is 1.39. The lowest BCUT2D eigenvalue weighted by molar-refractivity contribution is -0.388. The molecule has 0 radical (unpaired) electrons. The minimum Gasteiger partial charge on any atom is -0.338 e. The summed E-state index contributed by atoms with van der Waals surface area (Å²) in [5.41, 5.74) is -0.211. The number of thioether (sulfide) groups is 1. The van der Waals surface area contributed by atoms with Crippen molar-refractivity contribution in [2.75, 3.05) is 0 Å². The van der Waals surface area contributed by atoms with Crippen molar-refractivity contribution in [1.29, 1.82) is 0 Å². The fourth-order valence-corrected chi connectivity index (χ4v) is 2.18. The predicted molar refractivity (Wildman–Crippen MR) is 73.5 cm³/mol. The van der Waals surface area contributed by atoms with Crippen molar-refractivity contribution in [2.24, 2.45) is 0 Å².